The number of fused-ring (bicyclic) bond motifs is 1. The zero-order valence-electron chi connectivity index (χ0n) is 18.1. The molecule has 2 aromatic carbocycles. The molecule has 0 saturated carbocycles. The average molecular weight is 497 g/mol. The van der Waals surface area contributed by atoms with E-state index in [0.29, 0.717) is 16.7 Å². The number of benzene rings is 2. The van der Waals surface area contributed by atoms with E-state index in [9.17, 15) is 26.4 Å². The van der Waals surface area contributed by atoms with Crippen LogP contribution in [0, 0.1) is 5.92 Å². The highest BCUT2D eigenvalue weighted by Gasteiger charge is 2.31. The van der Waals surface area contributed by atoms with Gasteiger partial charge in [-0.1, -0.05) is 26.0 Å². The number of amides is 1. The van der Waals surface area contributed by atoms with Crippen molar-refractivity contribution in [3.05, 3.63) is 54.4 Å². The Morgan fingerprint density at radius 1 is 1.09 bits per heavy atom. The van der Waals surface area contributed by atoms with E-state index < -0.39 is 34.1 Å². The molecule has 0 aliphatic rings. The first-order valence-corrected chi connectivity index (χ1v) is 11.5. The Hall–Kier alpha value is -3.45. The summed E-state index contributed by atoms with van der Waals surface area (Å²) in [4.78, 5) is 20.3. The lowest BCUT2D eigenvalue weighted by Crippen LogP contribution is -2.40. The summed E-state index contributed by atoms with van der Waals surface area (Å²) >= 11 is 0. The largest absolute Gasteiger partial charge is 0.573 e. The second kappa shape index (κ2) is 9.81. The molecule has 3 aromatic rings. The Labute approximate surface area is 193 Å². The topological polar surface area (TPSA) is 136 Å². The molecular formula is C21H22F3N5O4S. The minimum Gasteiger partial charge on any atom is -0.406 e. The molecule has 34 heavy (non-hydrogen) atoms. The summed E-state index contributed by atoms with van der Waals surface area (Å²) in [6.45, 7) is 3.31. The third kappa shape index (κ3) is 6.32. The number of aromatic nitrogens is 2. The van der Waals surface area contributed by atoms with E-state index in [2.05, 4.69) is 24.7 Å². The van der Waals surface area contributed by atoms with Crippen molar-refractivity contribution in [2.75, 3.05) is 5.32 Å². The quantitative estimate of drug-likeness (QED) is 0.413. The van der Waals surface area contributed by atoms with Crippen molar-refractivity contribution >= 4 is 32.7 Å². The van der Waals surface area contributed by atoms with Crippen LogP contribution in [0.3, 0.4) is 0 Å². The summed E-state index contributed by atoms with van der Waals surface area (Å²) in [6.07, 6.45) is -4.89. The van der Waals surface area contributed by atoms with Gasteiger partial charge in [0, 0.05) is 5.39 Å². The van der Waals surface area contributed by atoms with Gasteiger partial charge in [-0.15, -0.1) is 13.2 Å². The first-order valence-electron chi connectivity index (χ1n) is 10.0. The number of hydrogen-bond acceptors (Lipinski definition) is 7. The molecule has 1 atom stereocenters. The lowest BCUT2D eigenvalue weighted by atomic mass is 10.0. The molecule has 4 N–H and O–H groups in total. The minimum absolute atomic E-state index is 0.105. The van der Waals surface area contributed by atoms with Crippen LogP contribution in [0.25, 0.3) is 10.9 Å². The number of nitrogens with zero attached hydrogens (tertiary/aromatic N) is 2. The second-order valence-electron chi connectivity index (χ2n) is 7.62. The first-order chi connectivity index (χ1) is 15.9. The lowest BCUT2D eigenvalue weighted by molar-refractivity contribution is -0.274. The fraction of sp³-hybridized carbons (Fsp3) is 0.286. The SMILES string of the molecule is CC(C)[C@H](Nc1nc(CNS(=O)(=O)c2ccc(OC(F)(F)F)cc2)nc2ccccc12)C(N)=O. The summed E-state index contributed by atoms with van der Waals surface area (Å²) in [5.74, 6) is -0.843. The molecule has 0 saturated heterocycles. The Bertz CT molecular complexity index is 1280. The van der Waals surface area contributed by atoms with Gasteiger partial charge in [-0.2, -0.15) is 0 Å². The number of carbonyl (C=O) groups excluding carboxylic acids is 1. The maximum absolute atomic E-state index is 12.6. The number of hydrogen-bond donors (Lipinski definition) is 3. The number of rotatable bonds is 9. The van der Waals surface area contributed by atoms with Crippen molar-refractivity contribution in [1.82, 2.24) is 14.7 Å². The number of nitrogens with two attached hydrogens (primary N) is 1. The molecule has 13 heteroatoms. The summed E-state index contributed by atoms with van der Waals surface area (Å²) in [7, 11) is -4.10. The van der Waals surface area contributed by atoms with E-state index in [4.69, 9.17) is 5.73 Å². The fourth-order valence-corrected chi connectivity index (χ4v) is 4.07. The van der Waals surface area contributed by atoms with Gasteiger partial charge < -0.3 is 15.8 Å². The molecule has 0 unspecified atom stereocenters. The molecule has 3 rings (SSSR count). The van der Waals surface area contributed by atoms with Crippen molar-refractivity contribution in [2.24, 2.45) is 11.7 Å². The molecule has 0 fully saturated rings. The van der Waals surface area contributed by atoms with Gasteiger partial charge in [0.05, 0.1) is 17.0 Å². The average Bonchev–Trinajstić information content (AvgIpc) is 2.74. The van der Waals surface area contributed by atoms with Crippen LogP contribution in [0.2, 0.25) is 0 Å². The second-order valence-corrected chi connectivity index (χ2v) is 9.38. The summed E-state index contributed by atoms with van der Waals surface area (Å²) in [6, 6.07) is 9.99. The summed E-state index contributed by atoms with van der Waals surface area (Å²) < 4.78 is 68.2. The van der Waals surface area contributed by atoms with Gasteiger partial charge in [0.25, 0.3) is 0 Å². The van der Waals surface area contributed by atoms with E-state index in [1.54, 1.807) is 24.3 Å². The Balaban J connectivity index is 1.84. The molecule has 0 aliphatic carbocycles. The molecular weight excluding hydrogens is 475 g/mol. The molecule has 1 amide bonds. The van der Waals surface area contributed by atoms with Gasteiger partial charge in [-0.25, -0.2) is 23.1 Å². The van der Waals surface area contributed by atoms with E-state index in [1.807, 2.05) is 13.8 Å². The van der Waals surface area contributed by atoms with Crippen LogP contribution < -0.4 is 20.5 Å². The van der Waals surface area contributed by atoms with Gasteiger partial charge >= 0.3 is 6.36 Å². The number of halogens is 3. The number of carbonyl (C=O) groups is 1. The highest BCUT2D eigenvalue weighted by atomic mass is 32.2. The maximum atomic E-state index is 12.6. The van der Waals surface area contributed by atoms with Gasteiger partial charge in [-0.3, -0.25) is 4.79 Å². The van der Waals surface area contributed by atoms with Crippen molar-refractivity contribution < 1.29 is 31.1 Å². The lowest BCUT2D eigenvalue weighted by Gasteiger charge is -2.21. The van der Waals surface area contributed by atoms with E-state index in [1.165, 1.54) is 0 Å². The molecule has 0 radical (unpaired) electrons. The number of sulfonamides is 1. The van der Waals surface area contributed by atoms with Crippen LogP contribution in [0.1, 0.15) is 19.7 Å². The van der Waals surface area contributed by atoms with Crippen LogP contribution in [0.5, 0.6) is 5.75 Å². The molecule has 0 bridgehead atoms. The van der Waals surface area contributed by atoms with Crippen molar-refractivity contribution in [1.29, 1.82) is 0 Å². The van der Waals surface area contributed by atoms with Gasteiger partial charge in [0.15, 0.2) is 0 Å². The summed E-state index contributed by atoms with van der Waals surface area (Å²) in [5.41, 5.74) is 5.99. The molecule has 0 aliphatic heterocycles. The van der Waals surface area contributed by atoms with Gasteiger partial charge in [0.1, 0.15) is 23.4 Å². The predicted molar refractivity (Wildman–Crippen MR) is 118 cm³/mol. The number of alkyl halides is 3. The fourth-order valence-electron chi connectivity index (χ4n) is 3.09. The monoisotopic (exact) mass is 497 g/mol. The number of primary amides is 1. The van der Waals surface area contributed by atoms with Crippen LogP contribution in [0.15, 0.2) is 53.4 Å². The highest BCUT2D eigenvalue weighted by Crippen LogP contribution is 2.25. The highest BCUT2D eigenvalue weighted by molar-refractivity contribution is 7.89. The maximum Gasteiger partial charge on any atom is 0.573 e. The van der Waals surface area contributed by atoms with E-state index >= 15 is 0 Å². The standard InChI is InChI=1S/C21H22F3N5O4S/c1-12(2)18(19(25)30)29-20-15-5-3-4-6-16(15)27-17(28-20)11-26-34(31,32)14-9-7-13(8-10-14)33-21(22,23)24/h3-10,12,18,26H,11H2,1-2H3,(H2,25,30)(H,27,28,29)/t18-/m0/s1. The predicted octanol–water partition coefficient (Wildman–Crippen LogP) is 2.93. The van der Waals surface area contributed by atoms with Crippen LogP contribution in [-0.2, 0) is 21.4 Å². The van der Waals surface area contributed by atoms with Crippen molar-refractivity contribution in [3.8, 4) is 5.75 Å². The molecule has 9 nitrogen and oxygen atoms in total. The van der Waals surface area contributed by atoms with Crippen molar-refractivity contribution in [2.45, 2.75) is 37.7 Å². The Kier molecular flexibility index (Phi) is 7.26. The van der Waals surface area contributed by atoms with Gasteiger partial charge in [0.2, 0.25) is 15.9 Å². The van der Waals surface area contributed by atoms with E-state index in [-0.39, 0.29) is 23.2 Å². The van der Waals surface area contributed by atoms with Gasteiger partial charge in [-0.05, 0) is 42.3 Å². The number of nitrogens with one attached hydrogen (secondary N) is 2. The number of ether oxygens (including phenoxy) is 1. The third-order valence-corrected chi connectivity index (χ3v) is 6.12. The summed E-state index contributed by atoms with van der Waals surface area (Å²) in [5, 5.41) is 3.62. The van der Waals surface area contributed by atoms with Crippen LogP contribution in [-0.4, -0.2) is 36.7 Å². The Morgan fingerprint density at radius 3 is 2.32 bits per heavy atom. The third-order valence-electron chi connectivity index (χ3n) is 4.70. The zero-order valence-corrected chi connectivity index (χ0v) is 18.9. The molecule has 1 aromatic heterocycles. The zero-order chi connectivity index (χ0) is 25.1. The van der Waals surface area contributed by atoms with E-state index in [0.717, 1.165) is 24.3 Å². The minimum atomic E-state index is -4.89. The first kappa shape index (κ1) is 25.2. The number of para-hydroxylation sites is 1. The Morgan fingerprint density at radius 2 is 1.74 bits per heavy atom. The molecule has 182 valence electrons. The number of anilines is 1. The van der Waals surface area contributed by atoms with Crippen LogP contribution in [0.4, 0.5) is 19.0 Å². The molecule has 1 heterocycles. The van der Waals surface area contributed by atoms with Crippen LogP contribution >= 0.6 is 0 Å². The normalized spacial score (nSPS) is 13.1. The molecule has 0 spiro atoms. The smallest absolute Gasteiger partial charge is 0.406 e. The van der Waals surface area contributed by atoms with Crippen molar-refractivity contribution in [3.63, 3.8) is 0 Å².